The van der Waals surface area contributed by atoms with Gasteiger partial charge in [-0.1, -0.05) is 31.5 Å². The van der Waals surface area contributed by atoms with Crippen LogP contribution in [-0.4, -0.2) is 32.4 Å². The SMILES string of the molecule is CCCc1cc(-c2cc(O)ccc2C(=O)O)ccc1-c1cc(O)ccc1C(=O)O. The molecule has 0 fully saturated rings. The summed E-state index contributed by atoms with van der Waals surface area (Å²) in [5.41, 5.74) is 2.96. The van der Waals surface area contributed by atoms with Gasteiger partial charge in [0.25, 0.3) is 0 Å². The number of carboxylic acids is 2. The number of carbonyl (C=O) groups is 2. The molecule has 0 aliphatic rings. The Morgan fingerprint density at radius 1 is 0.724 bits per heavy atom. The third-order valence-electron chi connectivity index (χ3n) is 4.69. The Hall–Kier alpha value is -3.80. The molecule has 0 bridgehead atoms. The lowest BCUT2D eigenvalue weighted by molar-refractivity contribution is 0.0686. The highest BCUT2D eigenvalue weighted by atomic mass is 16.4. The van der Waals surface area contributed by atoms with Crippen molar-refractivity contribution in [2.45, 2.75) is 19.8 Å². The number of aromatic hydroxyl groups is 2. The van der Waals surface area contributed by atoms with Gasteiger partial charge in [-0.15, -0.1) is 0 Å². The average molecular weight is 392 g/mol. The first-order chi connectivity index (χ1) is 13.8. The topological polar surface area (TPSA) is 115 Å². The molecule has 3 aromatic carbocycles. The van der Waals surface area contributed by atoms with Crippen LogP contribution in [0.4, 0.5) is 0 Å². The summed E-state index contributed by atoms with van der Waals surface area (Å²) >= 11 is 0. The molecule has 0 amide bonds. The molecule has 0 radical (unpaired) electrons. The summed E-state index contributed by atoms with van der Waals surface area (Å²) in [5, 5.41) is 38.7. The van der Waals surface area contributed by atoms with Gasteiger partial charge in [0.15, 0.2) is 0 Å². The first-order valence-corrected chi connectivity index (χ1v) is 9.08. The lowest BCUT2D eigenvalue weighted by Crippen LogP contribution is -2.02. The Morgan fingerprint density at radius 2 is 1.28 bits per heavy atom. The van der Waals surface area contributed by atoms with Crippen molar-refractivity contribution >= 4 is 11.9 Å². The number of aromatic carboxylic acids is 2. The van der Waals surface area contributed by atoms with Gasteiger partial charge >= 0.3 is 11.9 Å². The molecule has 148 valence electrons. The quantitative estimate of drug-likeness (QED) is 0.480. The molecule has 0 spiro atoms. The Morgan fingerprint density at radius 3 is 1.83 bits per heavy atom. The summed E-state index contributed by atoms with van der Waals surface area (Å²) in [4.78, 5) is 23.2. The van der Waals surface area contributed by atoms with Gasteiger partial charge in [0, 0.05) is 5.56 Å². The third kappa shape index (κ3) is 4.06. The number of carboxylic acid groups (broad SMARTS) is 2. The molecule has 0 unspecified atom stereocenters. The van der Waals surface area contributed by atoms with E-state index >= 15 is 0 Å². The molecule has 0 atom stereocenters. The van der Waals surface area contributed by atoms with E-state index in [4.69, 9.17) is 0 Å². The first-order valence-electron chi connectivity index (χ1n) is 9.08. The Labute approximate surface area is 167 Å². The van der Waals surface area contributed by atoms with E-state index in [1.807, 2.05) is 6.92 Å². The van der Waals surface area contributed by atoms with Crippen LogP contribution in [0.2, 0.25) is 0 Å². The largest absolute Gasteiger partial charge is 0.508 e. The molecule has 0 heterocycles. The Kier molecular flexibility index (Phi) is 5.54. The summed E-state index contributed by atoms with van der Waals surface area (Å²) < 4.78 is 0. The highest BCUT2D eigenvalue weighted by Crippen LogP contribution is 2.35. The number of phenols is 2. The second-order valence-electron chi connectivity index (χ2n) is 6.69. The molecule has 29 heavy (non-hydrogen) atoms. The maximum absolute atomic E-state index is 11.6. The molecular weight excluding hydrogens is 372 g/mol. The van der Waals surface area contributed by atoms with E-state index in [0.29, 0.717) is 28.7 Å². The number of hydrogen-bond donors (Lipinski definition) is 4. The molecule has 6 nitrogen and oxygen atoms in total. The van der Waals surface area contributed by atoms with Crippen LogP contribution in [0, 0.1) is 0 Å². The first kappa shape index (κ1) is 19.9. The van der Waals surface area contributed by atoms with E-state index in [1.165, 1.54) is 36.4 Å². The molecule has 0 saturated heterocycles. The van der Waals surface area contributed by atoms with Crippen molar-refractivity contribution in [3.8, 4) is 33.8 Å². The van der Waals surface area contributed by atoms with Crippen molar-refractivity contribution in [1.29, 1.82) is 0 Å². The molecule has 0 aromatic heterocycles. The Balaban J connectivity index is 2.23. The maximum atomic E-state index is 11.6. The summed E-state index contributed by atoms with van der Waals surface area (Å²) in [6.45, 7) is 1.98. The van der Waals surface area contributed by atoms with E-state index in [2.05, 4.69) is 0 Å². The third-order valence-corrected chi connectivity index (χ3v) is 4.69. The predicted octanol–water partition coefficient (Wildman–Crippen LogP) is 4.78. The average Bonchev–Trinajstić information content (AvgIpc) is 2.67. The van der Waals surface area contributed by atoms with Crippen molar-refractivity contribution in [3.63, 3.8) is 0 Å². The van der Waals surface area contributed by atoms with Crippen LogP contribution in [0.25, 0.3) is 22.3 Å². The predicted molar refractivity (Wildman–Crippen MR) is 109 cm³/mol. The van der Waals surface area contributed by atoms with Crippen LogP contribution in [0.3, 0.4) is 0 Å². The van der Waals surface area contributed by atoms with Crippen LogP contribution < -0.4 is 0 Å². The summed E-state index contributed by atoms with van der Waals surface area (Å²) in [6, 6.07) is 13.4. The van der Waals surface area contributed by atoms with Crippen LogP contribution in [-0.2, 0) is 6.42 Å². The van der Waals surface area contributed by atoms with E-state index in [9.17, 15) is 30.0 Å². The van der Waals surface area contributed by atoms with Crippen LogP contribution in [0.1, 0.15) is 39.6 Å². The zero-order chi connectivity index (χ0) is 21.1. The fourth-order valence-electron chi connectivity index (χ4n) is 3.40. The smallest absolute Gasteiger partial charge is 0.336 e. The number of hydrogen-bond acceptors (Lipinski definition) is 4. The number of benzene rings is 3. The van der Waals surface area contributed by atoms with Gasteiger partial charge in [0.2, 0.25) is 0 Å². The van der Waals surface area contributed by atoms with Gasteiger partial charge in [-0.25, -0.2) is 9.59 Å². The molecule has 4 N–H and O–H groups in total. The van der Waals surface area contributed by atoms with Gasteiger partial charge in [-0.2, -0.15) is 0 Å². The van der Waals surface area contributed by atoms with E-state index < -0.39 is 11.9 Å². The highest BCUT2D eigenvalue weighted by molar-refractivity contribution is 5.98. The minimum absolute atomic E-state index is 0.0438. The van der Waals surface area contributed by atoms with Gasteiger partial charge < -0.3 is 20.4 Å². The van der Waals surface area contributed by atoms with Crippen molar-refractivity contribution in [1.82, 2.24) is 0 Å². The van der Waals surface area contributed by atoms with E-state index in [-0.39, 0.29) is 22.6 Å². The normalized spacial score (nSPS) is 10.7. The van der Waals surface area contributed by atoms with Gasteiger partial charge in [-0.3, -0.25) is 0 Å². The van der Waals surface area contributed by atoms with Gasteiger partial charge in [0.1, 0.15) is 11.5 Å². The minimum atomic E-state index is -1.11. The van der Waals surface area contributed by atoms with Gasteiger partial charge in [0.05, 0.1) is 11.1 Å². The Bertz CT molecular complexity index is 1100. The highest BCUT2D eigenvalue weighted by Gasteiger charge is 2.18. The van der Waals surface area contributed by atoms with Gasteiger partial charge in [-0.05, 0) is 65.1 Å². The van der Waals surface area contributed by atoms with Crippen LogP contribution in [0.15, 0.2) is 54.6 Å². The lowest BCUT2D eigenvalue weighted by Gasteiger charge is -2.15. The zero-order valence-corrected chi connectivity index (χ0v) is 15.7. The van der Waals surface area contributed by atoms with Crippen molar-refractivity contribution in [2.24, 2.45) is 0 Å². The number of phenolic OH excluding ortho intramolecular Hbond substituents is 2. The maximum Gasteiger partial charge on any atom is 0.336 e. The van der Waals surface area contributed by atoms with Crippen molar-refractivity contribution < 1.29 is 30.0 Å². The minimum Gasteiger partial charge on any atom is -0.508 e. The van der Waals surface area contributed by atoms with E-state index in [1.54, 1.807) is 18.2 Å². The molecule has 3 rings (SSSR count). The lowest BCUT2D eigenvalue weighted by atomic mass is 9.89. The second kappa shape index (κ2) is 8.06. The second-order valence-corrected chi connectivity index (χ2v) is 6.69. The molecule has 3 aromatic rings. The van der Waals surface area contributed by atoms with Crippen molar-refractivity contribution in [3.05, 3.63) is 71.3 Å². The fourth-order valence-corrected chi connectivity index (χ4v) is 3.40. The van der Waals surface area contributed by atoms with Crippen LogP contribution >= 0.6 is 0 Å². The number of rotatable bonds is 6. The van der Waals surface area contributed by atoms with Crippen LogP contribution in [0.5, 0.6) is 11.5 Å². The zero-order valence-electron chi connectivity index (χ0n) is 15.7. The summed E-state index contributed by atoms with van der Waals surface area (Å²) in [6.07, 6.45) is 1.41. The monoisotopic (exact) mass is 392 g/mol. The molecule has 0 aliphatic heterocycles. The molecule has 6 heteroatoms. The summed E-state index contributed by atoms with van der Waals surface area (Å²) in [7, 11) is 0. The number of aryl methyl sites for hydroxylation is 1. The molecule has 0 aliphatic carbocycles. The fraction of sp³-hybridized carbons (Fsp3) is 0.130. The van der Waals surface area contributed by atoms with E-state index in [0.717, 1.165) is 12.0 Å². The molecule has 0 saturated carbocycles. The summed E-state index contributed by atoms with van der Waals surface area (Å²) in [5.74, 6) is -2.31. The standard InChI is InChI=1S/C23H20O6/c1-2-3-13-10-14(20-11-15(24)5-8-18(20)22(26)27)4-7-17(13)21-12-16(25)6-9-19(21)23(28)29/h4-12,24-25H,2-3H2,1H3,(H,26,27)(H,28,29). The van der Waals surface area contributed by atoms with Crippen molar-refractivity contribution in [2.75, 3.05) is 0 Å². The molecular formula is C23H20O6.